The molecule has 0 bridgehead atoms. The van der Waals surface area contributed by atoms with Crippen LogP contribution in [-0.2, 0) is 6.54 Å². The molecule has 2 N–H and O–H groups in total. The molecule has 1 heterocycles. The number of methoxy groups -OCH3 is 1. The molecule has 0 atom stereocenters. The Bertz CT molecular complexity index is 612. The molecular weight excluding hydrogens is 252 g/mol. The van der Waals surface area contributed by atoms with E-state index in [-0.39, 0.29) is 5.91 Å². The molecule has 20 heavy (non-hydrogen) atoms. The minimum Gasteiger partial charge on any atom is -0.497 e. The number of rotatable bonds is 5. The summed E-state index contributed by atoms with van der Waals surface area (Å²) in [6.07, 6.45) is 0.997. The summed E-state index contributed by atoms with van der Waals surface area (Å²) in [6, 6.07) is 9.68. The number of hydrogen-bond acceptors (Lipinski definition) is 2. The summed E-state index contributed by atoms with van der Waals surface area (Å²) in [4.78, 5) is 11.5. The largest absolute Gasteiger partial charge is 0.497 e. The van der Waals surface area contributed by atoms with E-state index >= 15 is 0 Å². The maximum atomic E-state index is 11.5. The lowest BCUT2D eigenvalue weighted by molar-refractivity contribution is 0.0999. The molecular formula is C16H20N2O2. The molecule has 0 saturated heterocycles. The summed E-state index contributed by atoms with van der Waals surface area (Å²) in [7, 11) is 1.64. The van der Waals surface area contributed by atoms with Crippen LogP contribution in [0, 0.1) is 6.92 Å². The average Bonchev–Trinajstić information content (AvgIpc) is 2.77. The number of amides is 1. The Labute approximate surface area is 119 Å². The van der Waals surface area contributed by atoms with Crippen molar-refractivity contribution in [3.05, 3.63) is 41.6 Å². The van der Waals surface area contributed by atoms with Gasteiger partial charge in [-0.2, -0.15) is 0 Å². The molecule has 0 fully saturated rings. The van der Waals surface area contributed by atoms with E-state index in [1.807, 2.05) is 37.3 Å². The van der Waals surface area contributed by atoms with Crippen LogP contribution in [0.3, 0.4) is 0 Å². The standard InChI is InChI=1S/C16H20N2O2/c1-4-9-18-11(2)14(16(17)19)10-15(18)12-5-7-13(20-3)8-6-12/h5-8,10H,4,9H2,1-3H3,(H2,17,19). The molecule has 0 aliphatic carbocycles. The number of carbonyl (C=O) groups is 1. The number of benzene rings is 1. The van der Waals surface area contributed by atoms with Gasteiger partial charge in [0.25, 0.3) is 5.91 Å². The van der Waals surface area contributed by atoms with Gasteiger partial charge in [-0.1, -0.05) is 6.92 Å². The molecule has 1 amide bonds. The predicted octanol–water partition coefficient (Wildman–Crippen LogP) is 2.98. The van der Waals surface area contributed by atoms with Gasteiger partial charge in [0, 0.05) is 17.9 Å². The lowest BCUT2D eigenvalue weighted by atomic mass is 10.1. The second-order valence-electron chi connectivity index (χ2n) is 4.77. The highest BCUT2D eigenvalue weighted by atomic mass is 16.5. The van der Waals surface area contributed by atoms with E-state index < -0.39 is 0 Å². The van der Waals surface area contributed by atoms with E-state index in [2.05, 4.69) is 11.5 Å². The van der Waals surface area contributed by atoms with Gasteiger partial charge in [0.1, 0.15) is 5.75 Å². The van der Waals surface area contributed by atoms with Crippen LogP contribution < -0.4 is 10.5 Å². The van der Waals surface area contributed by atoms with Crippen molar-refractivity contribution in [2.45, 2.75) is 26.8 Å². The fraction of sp³-hybridized carbons (Fsp3) is 0.312. The third-order valence-electron chi connectivity index (χ3n) is 3.46. The van der Waals surface area contributed by atoms with Gasteiger partial charge in [-0.3, -0.25) is 4.79 Å². The zero-order chi connectivity index (χ0) is 14.7. The number of nitrogens with zero attached hydrogens (tertiary/aromatic N) is 1. The molecule has 0 radical (unpaired) electrons. The number of nitrogens with two attached hydrogens (primary N) is 1. The van der Waals surface area contributed by atoms with Gasteiger partial charge in [0.05, 0.1) is 12.7 Å². The minimum absolute atomic E-state index is 0.382. The summed E-state index contributed by atoms with van der Waals surface area (Å²) < 4.78 is 7.31. The first-order chi connectivity index (χ1) is 9.58. The maximum Gasteiger partial charge on any atom is 0.250 e. The molecule has 4 nitrogen and oxygen atoms in total. The zero-order valence-electron chi connectivity index (χ0n) is 12.1. The number of ether oxygens (including phenoxy) is 1. The normalized spacial score (nSPS) is 10.6. The van der Waals surface area contributed by atoms with Crippen LogP contribution in [0.1, 0.15) is 29.4 Å². The first-order valence-electron chi connectivity index (χ1n) is 6.72. The molecule has 0 spiro atoms. The molecule has 106 valence electrons. The van der Waals surface area contributed by atoms with Crippen LogP contribution in [0.4, 0.5) is 0 Å². The third kappa shape index (κ3) is 2.54. The van der Waals surface area contributed by atoms with Crippen LogP contribution in [0.15, 0.2) is 30.3 Å². The Morgan fingerprint density at radius 1 is 1.30 bits per heavy atom. The second-order valence-corrected chi connectivity index (χ2v) is 4.77. The van der Waals surface area contributed by atoms with Gasteiger partial charge in [-0.25, -0.2) is 0 Å². The van der Waals surface area contributed by atoms with Crippen LogP contribution in [-0.4, -0.2) is 17.6 Å². The number of carbonyl (C=O) groups excluding carboxylic acids is 1. The van der Waals surface area contributed by atoms with E-state index in [4.69, 9.17) is 10.5 Å². The van der Waals surface area contributed by atoms with Crippen molar-refractivity contribution in [3.8, 4) is 17.0 Å². The summed E-state index contributed by atoms with van der Waals surface area (Å²) in [5.41, 5.74) is 9.02. The molecule has 4 heteroatoms. The summed E-state index contributed by atoms with van der Waals surface area (Å²) in [5, 5.41) is 0. The molecule has 0 unspecified atom stereocenters. The van der Waals surface area contributed by atoms with Crippen LogP contribution in [0.25, 0.3) is 11.3 Å². The van der Waals surface area contributed by atoms with E-state index in [0.717, 1.165) is 35.7 Å². The minimum atomic E-state index is -0.382. The fourth-order valence-electron chi connectivity index (χ4n) is 2.41. The Hall–Kier alpha value is -2.23. The van der Waals surface area contributed by atoms with Crippen LogP contribution in [0.5, 0.6) is 5.75 Å². The summed E-state index contributed by atoms with van der Waals surface area (Å²) in [6.45, 7) is 4.91. The Morgan fingerprint density at radius 2 is 1.95 bits per heavy atom. The molecule has 2 rings (SSSR count). The highest BCUT2D eigenvalue weighted by Crippen LogP contribution is 2.27. The van der Waals surface area contributed by atoms with Crippen molar-refractivity contribution in [2.24, 2.45) is 5.73 Å². The van der Waals surface area contributed by atoms with Crippen LogP contribution >= 0.6 is 0 Å². The fourth-order valence-corrected chi connectivity index (χ4v) is 2.41. The Kier molecular flexibility index (Phi) is 4.13. The van der Waals surface area contributed by atoms with E-state index in [1.165, 1.54) is 0 Å². The SMILES string of the molecule is CCCn1c(-c2ccc(OC)cc2)cc(C(N)=O)c1C. The quantitative estimate of drug-likeness (QED) is 0.909. The van der Waals surface area contributed by atoms with Crippen molar-refractivity contribution < 1.29 is 9.53 Å². The first kappa shape index (κ1) is 14.2. The van der Waals surface area contributed by atoms with Crippen molar-refractivity contribution in [1.29, 1.82) is 0 Å². The van der Waals surface area contributed by atoms with Gasteiger partial charge < -0.3 is 15.0 Å². The van der Waals surface area contributed by atoms with Gasteiger partial charge in [-0.05, 0) is 49.2 Å². The van der Waals surface area contributed by atoms with E-state index in [9.17, 15) is 4.79 Å². The van der Waals surface area contributed by atoms with Crippen LogP contribution in [0.2, 0.25) is 0 Å². The lowest BCUT2D eigenvalue weighted by Gasteiger charge is -2.11. The van der Waals surface area contributed by atoms with Gasteiger partial charge in [0.2, 0.25) is 0 Å². The van der Waals surface area contributed by atoms with E-state index in [1.54, 1.807) is 7.11 Å². The zero-order valence-corrected chi connectivity index (χ0v) is 12.1. The summed E-state index contributed by atoms with van der Waals surface area (Å²) >= 11 is 0. The average molecular weight is 272 g/mol. The first-order valence-corrected chi connectivity index (χ1v) is 6.72. The third-order valence-corrected chi connectivity index (χ3v) is 3.46. The smallest absolute Gasteiger partial charge is 0.250 e. The van der Waals surface area contributed by atoms with E-state index in [0.29, 0.717) is 5.56 Å². The van der Waals surface area contributed by atoms with Gasteiger partial charge >= 0.3 is 0 Å². The van der Waals surface area contributed by atoms with Crippen molar-refractivity contribution in [2.75, 3.05) is 7.11 Å². The van der Waals surface area contributed by atoms with Gasteiger partial charge in [-0.15, -0.1) is 0 Å². The molecule has 0 saturated carbocycles. The monoisotopic (exact) mass is 272 g/mol. The topological polar surface area (TPSA) is 57.2 Å². The Morgan fingerprint density at radius 3 is 2.45 bits per heavy atom. The van der Waals surface area contributed by atoms with Crippen molar-refractivity contribution in [3.63, 3.8) is 0 Å². The lowest BCUT2D eigenvalue weighted by Crippen LogP contribution is -2.12. The molecule has 0 aliphatic heterocycles. The second kappa shape index (κ2) is 5.82. The highest BCUT2D eigenvalue weighted by molar-refractivity contribution is 5.95. The molecule has 0 aliphatic rings. The summed E-state index contributed by atoms with van der Waals surface area (Å²) in [5.74, 6) is 0.432. The Balaban J connectivity index is 2.53. The number of primary amides is 1. The van der Waals surface area contributed by atoms with Crippen molar-refractivity contribution >= 4 is 5.91 Å². The number of aromatic nitrogens is 1. The maximum absolute atomic E-state index is 11.5. The number of hydrogen-bond donors (Lipinski definition) is 1. The molecule has 1 aromatic heterocycles. The van der Waals surface area contributed by atoms with Crippen molar-refractivity contribution in [1.82, 2.24) is 4.57 Å². The molecule has 1 aromatic carbocycles. The van der Waals surface area contributed by atoms with Gasteiger partial charge in [0.15, 0.2) is 0 Å². The predicted molar refractivity (Wildman–Crippen MR) is 80.0 cm³/mol. The molecule has 2 aromatic rings. The highest BCUT2D eigenvalue weighted by Gasteiger charge is 2.16.